The highest BCUT2D eigenvalue weighted by molar-refractivity contribution is 7.89. The highest BCUT2D eigenvalue weighted by Gasteiger charge is 2.33. The molecule has 11 heteroatoms. The van der Waals surface area contributed by atoms with Gasteiger partial charge in [-0.15, -0.1) is 0 Å². The quantitative estimate of drug-likeness (QED) is 0.651. The van der Waals surface area contributed by atoms with Crippen LogP contribution in [0, 0.1) is 0 Å². The van der Waals surface area contributed by atoms with Crippen LogP contribution in [0.5, 0.6) is 0 Å². The van der Waals surface area contributed by atoms with E-state index < -0.39 is 28.4 Å². The van der Waals surface area contributed by atoms with Gasteiger partial charge in [-0.3, -0.25) is 0 Å². The first-order valence-corrected chi connectivity index (χ1v) is 8.40. The summed E-state index contributed by atoms with van der Waals surface area (Å²) in [6.07, 6.45) is -2.68. The lowest BCUT2D eigenvalue weighted by Gasteiger charge is -2.05. The number of nitrogens with zero attached hydrogens (tertiary/aromatic N) is 1. The molecular formula is C13H10ClF3N4O2S. The second kappa shape index (κ2) is 5.80. The third-order valence-electron chi connectivity index (χ3n) is 3.26. The van der Waals surface area contributed by atoms with E-state index in [9.17, 15) is 21.6 Å². The van der Waals surface area contributed by atoms with Crippen LogP contribution in [0.1, 0.15) is 11.5 Å². The van der Waals surface area contributed by atoms with Crippen LogP contribution in [0.4, 0.5) is 13.2 Å². The van der Waals surface area contributed by atoms with E-state index in [2.05, 4.69) is 14.7 Å². The van der Waals surface area contributed by atoms with Crippen molar-refractivity contribution in [2.75, 3.05) is 0 Å². The number of imidazole rings is 1. The van der Waals surface area contributed by atoms with Gasteiger partial charge in [-0.05, 0) is 18.2 Å². The summed E-state index contributed by atoms with van der Waals surface area (Å²) in [5, 5.41) is 0.860. The lowest BCUT2D eigenvalue weighted by Crippen LogP contribution is -2.23. The van der Waals surface area contributed by atoms with Crippen molar-refractivity contribution < 1.29 is 21.6 Å². The van der Waals surface area contributed by atoms with Gasteiger partial charge in [0.1, 0.15) is 16.4 Å². The van der Waals surface area contributed by atoms with Crippen molar-refractivity contribution in [3.63, 3.8) is 0 Å². The fourth-order valence-corrected chi connectivity index (χ4v) is 3.47. The summed E-state index contributed by atoms with van der Waals surface area (Å²) in [7, 11) is -3.95. The normalized spacial score (nSPS) is 12.8. The SMILES string of the molecule is O=S(=O)(NCc1ncc(C(F)(F)F)[nH]1)c1c[nH]c2cc(Cl)ccc12. The minimum atomic E-state index is -4.57. The van der Waals surface area contributed by atoms with Gasteiger partial charge >= 0.3 is 6.18 Å². The zero-order valence-electron chi connectivity index (χ0n) is 11.8. The maximum atomic E-state index is 12.5. The summed E-state index contributed by atoms with van der Waals surface area (Å²) in [5.41, 5.74) is -0.515. The van der Waals surface area contributed by atoms with Crippen LogP contribution >= 0.6 is 11.6 Å². The number of fused-ring (bicyclic) bond motifs is 1. The molecule has 0 bridgehead atoms. The molecule has 6 nitrogen and oxygen atoms in total. The van der Waals surface area contributed by atoms with Crippen molar-refractivity contribution in [3.05, 3.63) is 47.1 Å². The van der Waals surface area contributed by atoms with E-state index >= 15 is 0 Å². The number of aromatic nitrogens is 3. The maximum Gasteiger partial charge on any atom is 0.432 e. The maximum absolute atomic E-state index is 12.5. The lowest BCUT2D eigenvalue weighted by molar-refractivity contribution is -0.140. The van der Waals surface area contributed by atoms with Crippen molar-refractivity contribution in [1.29, 1.82) is 0 Å². The number of halogens is 4. The van der Waals surface area contributed by atoms with Crippen LogP contribution < -0.4 is 4.72 Å². The third kappa shape index (κ3) is 3.25. The Morgan fingerprint density at radius 2 is 2.04 bits per heavy atom. The number of benzene rings is 1. The summed E-state index contributed by atoms with van der Waals surface area (Å²) in [4.78, 5) is 8.29. The zero-order valence-corrected chi connectivity index (χ0v) is 13.4. The van der Waals surface area contributed by atoms with Gasteiger partial charge in [0.2, 0.25) is 10.0 Å². The molecule has 0 aliphatic rings. The Hall–Kier alpha value is -2.04. The van der Waals surface area contributed by atoms with Gasteiger partial charge in [-0.2, -0.15) is 13.2 Å². The van der Waals surface area contributed by atoms with Crippen LogP contribution in [0.15, 0.2) is 35.5 Å². The number of aromatic amines is 2. The third-order valence-corrected chi connectivity index (χ3v) is 4.94. The minimum Gasteiger partial charge on any atom is -0.360 e. The van der Waals surface area contributed by atoms with Crippen LogP contribution in [0.25, 0.3) is 10.9 Å². The van der Waals surface area contributed by atoms with Gasteiger partial charge in [0.15, 0.2) is 0 Å². The molecule has 1 aromatic carbocycles. The number of hydrogen-bond donors (Lipinski definition) is 3. The molecule has 0 aliphatic heterocycles. The summed E-state index contributed by atoms with van der Waals surface area (Å²) in [6, 6.07) is 4.65. The highest BCUT2D eigenvalue weighted by Crippen LogP contribution is 2.28. The molecule has 0 fully saturated rings. The van der Waals surface area contributed by atoms with Gasteiger partial charge in [0.05, 0.1) is 12.7 Å². The molecule has 128 valence electrons. The molecule has 3 aromatic rings. The summed E-state index contributed by atoms with van der Waals surface area (Å²) in [6.45, 7) is -0.404. The van der Waals surface area contributed by atoms with Gasteiger partial charge in [0.25, 0.3) is 0 Å². The van der Waals surface area contributed by atoms with Gasteiger partial charge in [-0.25, -0.2) is 18.1 Å². The van der Waals surface area contributed by atoms with Crippen molar-refractivity contribution in [1.82, 2.24) is 19.7 Å². The Bertz CT molecular complexity index is 994. The number of alkyl halides is 3. The first-order valence-electron chi connectivity index (χ1n) is 6.54. The average molecular weight is 379 g/mol. The summed E-state index contributed by atoms with van der Waals surface area (Å²) < 4.78 is 64.3. The van der Waals surface area contributed by atoms with Crippen molar-refractivity contribution >= 4 is 32.5 Å². The Morgan fingerprint density at radius 1 is 1.29 bits per heavy atom. The van der Waals surface area contributed by atoms with Crippen LogP contribution in [-0.2, 0) is 22.7 Å². The standard InChI is InChI=1S/C13H10ClF3N4O2S/c14-7-1-2-8-9(3-7)18-4-10(8)24(22,23)20-6-12-19-5-11(21-12)13(15,16)17/h1-5,18,20H,6H2,(H,19,21). The van der Waals surface area contributed by atoms with Gasteiger partial charge in [0, 0.05) is 22.1 Å². The molecule has 0 radical (unpaired) electrons. The van der Waals surface area contributed by atoms with E-state index in [1.165, 1.54) is 12.3 Å². The van der Waals surface area contributed by atoms with E-state index in [0.29, 0.717) is 22.1 Å². The Balaban J connectivity index is 1.82. The predicted octanol–water partition coefficient (Wildman–Crippen LogP) is 3.04. The largest absolute Gasteiger partial charge is 0.432 e. The van der Waals surface area contributed by atoms with Crippen LogP contribution in [-0.4, -0.2) is 23.4 Å². The molecular weight excluding hydrogens is 369 g/mol. The summed E-state index contributed by atoms with van der Waals surface area (Å²) in [5.74, 6) is -0.145. The molecule has 0 saturated carbocycles. The monoisotopic (exact) mass is 378 g/mol. The second-order valence-corrected chi connectivity index (χ2v) is 7.08. The fourth-order valence-electron chi connectivity index (χ4n) is 2.13. The van der Waals surface area contributed by atoms with Gasteiger partial charge < -0.3 is 9.97 Å². The molecule has 3 rings (SSSR count). The van der Waals surface area contributed by atoms with Gasteiger partial charge in [-0.1, -0.05) is 11.6 Å². The van der Waals surface area contributed by atoms with E-state index in [-0.39, 0.29) is 10.7 Å². The number of sulfonamides is 1. The van der Waals surface area contributed by atoms with E-state index in [1.54, 1.807) is 12.1 Å². The number of nitrogens with one attached hydrogen (secondary N) is 3. The molecule has 0 spiro atoms. The fraction of sp³-hybridized carbons (Fsp3) is 0.154. The van der Waals surface area contributed by atoms with Crippen molar-refractivity contribution in [2.45, 2.75) is 17.6 Å². The van der Waals surface area contributed by atoms with E-state index in [4.69, 9.17) is 11.6 Å². The van der Waals surface area contributed by atoms with E-state index in [0.717, 1.165) is 0 Å². The highest BCUT2D eigenvalue weighted by atomic mass is 35.5. The molecule has 24 heavy (non-hydrogen) atoms. The molecule has 2 aromatic heterocycles. The van der Waals surface area contributed by atoms with Crippen LogP contribution in [0.3, 0.4) is 0 Å². The van der Waals surface area contributed by atoms with Crippen molar-refractivity contribution in [2.24, 2.45) is 0 Å². The van der Waals surface area contributed by atoms with Crippen LogP contribution in [0.2, 0.25) is 5.02 Å². The summed E-state index contributed by atoms with van der Waals surface area (Å²) >= 11 is 5.83. The van der Waals surface area contributed by atoms with Crippen molar-refractivity contribution in [3.8, 4) is 0 Å². The molecule has 0 saturated heterocycles. The smallest absolute Gasteiger partial charge is 0.360 e. The first-order chi connectivity index (χ1) is 11.2. The second-order valence-electron chi connectivity index (χ2n) is 4.91. The molecule has 0 atom stereocenters. The molecule has 2 heterocycles. The predicted molar refractivity (Wildman–Crippen MR) is 80.9 cm³/mol. The Morgan fingerprint density at radius 3 is 2.71 bits per heavy atom. The average Bonchev–Trinajstić information content (AvgIpc) is 3.11. The Kier molecular flexibility index (Phi) is 4.06. The molecule has 3 N–H and O–H groups in total. The minimum absolute atomic E-state index is 0.0308. The van der Waals surface area contributed by atoms with E-state index in [1.807, 2.05) is 4.98 Å². The first kappa shape index (κ1) is 16.8. The number of hydrogen-bond acceptors (Lipinski definition) is 3. The molecule has 0 aliphatic carbocycles. The molecule has 0 amide bonds. The molecule has 0 unspecified atom stereocenters. The number of rotatable bonds is 4. The zero-order chi connectivity index (χ0) is 17.5. The Labute approximate surface area is 139 Å². The topological polar surface area (TPSA) is 90.6 Å². The lowest BCUT2D eigenvalue weighted by atomic mass is 10.2. The number of H-pyrrole nitrogens is 2.